The molecule has 4 rings (SSSR count). The zero-order chi connectivity index (χ0) is 22.7. The van der Waals surface area contributed by atoms with Gasteiger partial charge in [0.05, 0.1) is 13.3 Å². The predicted molar refractivity (Wildman–Crippen MR) is 127 cm³/mol. The molecule has 0 bridgehead atoms. The summed E-state index contributed by atoms with van der Waals surface area (Å²) in [5, 5.41) is 0. The van der Waals surface area contributed by atoms with E-state index >= 15 is 0 Å². The third kappa shape index (κ3) is 4.88. The highest BCUT2D eigenvalue weighted by molar-refractivity contribution is 5.52. The second-order valence-corrected chi connectivity index (χ2v) is 8.76. The lowest BCUT2D eigenvalue weighted by molar-refractivity contribution is 0.203. The zero-order valence-electron chi connectivity index (χ0n) is 19.7. The molecule has 32 heavy (non-hydrogen) atoms. The van der Waals surface area contributed by atoms with Gasteiger partial charge in [0.25, 0.3) is 0 Å². The van der Waals surface area contributed by atoms with Crippen molar-refractivity contribution in [3.8, 4) is 17.3 Å². The van der Waals surface area contributed by atoms with Crippen molar-refractivity contribution in [2.45, 2.75) is 39.2 Å². The average molecular weight is 433 g/mol. The summed E-state index contributed by atoms with van der Waals surface area (Å²) in [5.41, 5.74) is 5.66. The van der Waals surface area contributed by atoms with E-state index in [1.807, 2.05) is 19.0 Å². The Labute approximate surface area is 190 Å². The quantitative estimate of drug-likeness (QED) is 0.583. The van der Waals surface area contributed by atoms with E-state index in [2.05, 4.69) is 46.9 Å². The van der Waals surface area contributed by atoms with E-state index in [1.54, 1.807) is 25.7 Å². The van der Waals surface area contributed by atoms with E-state index < -0.39 is 0 Å². The van der Waals surface area contributed by atoms with Crippen LogP contribution in [0.25, 0.3) is 11.5 Å². The van der Waals surface area contributed by atoms with Crippen LogP contribution in [0.1, 0.15) is 41.1 Å². The zero-order valence-corrected chi connectivity index (χ0v) is 19.7. The third-order valence-electron chi connectivity index (χ3n) is 6.24. The topological polar surface area (TPSA) is 67.3 Å². The number of methoxy groups -OCH3 is 1. The first-order chi connectivity index (χ1) is 15.4. The van der Waals surface area contributed by atoms with Crippen molar-refractivity contribution in [1.82, 2.24) is 24.8 Å². The number of rotatable bonds is 6. The Hall–Kier alpha value is -3.06. The Morgan fingerprint density at radius 1 is 1.03 bits per heavy atom. The van der Waals surface area contributed by atoms with E-state index in [0.717, 1.165) is 49.7 Å². The Morgan fingerprint density at radius 3 is 2.47 bits per heavy atom. The summed E-state index contributed by atoms with van der Waals surface area (Å²) in [6.07, 6.45) is 7.24. The van der Waals surface area contributed by atoms with Crippen molar-refractivity contribution >= 4 is 5.82 Å². The van der Waals surface area contributed by atoms with Crippen LogP contribution in [0.2, 0.25) is 0 Å². The van der Waals surface area contributed by atoms with Crippen molar-refractivity contribution in [1.29, 1.82) is 0 Å². The number of hydrogen-bond acceptors (Lipinski definition) is 7. The minimum Gasteiger partial charge on any atom is -0.496 e. The SMILES string of the molecule is COc1cc(C)c(CN2CCC(c3cc(N(C)C)nc(-c4cnccn4)n3)CC2)cc1C. The number of nitrogens with zero attached hydrogens (tertiary/aromatic N) is 6. The van der Waals surface area contributed by atoms with Gasteiger partial charge in [0.15, 0.2) is 5.82 Å². The monoisotopic (exact) mass is 432 g/mol. The second-order valence-electron chi connectivity index (χ2n) is 8.76. The van der Waals surface area contributed by atoms with E-state index in [1.165, 1.54) is 16.7 Å². The van der Waals surface area contributed by atoms with Crippen molar-refractivity contribution in [3.05, 3.63) is 59.2 Å². The van der Waals surface area contributed by atoms with Crippen molar-refractivity contribution in [2.75, 3.05) is 39.2 Å². The summed E-state index contributed by atoms with van der Waals surface area (Å²) in [5.74, 6) is 2.93. The van der Waals surface area contributed by atoms with Gasteiger partial charge >= 0.3 is 0 Å². The van der Waals surface area contributed by atoms with E-state index in [4.69, 9.17) is 14.7 Å². The maximum Gasteiger partial charge on any atom is 0.182 e. The molecule has 0 saturated carbocycles. The minimum atomic E-state index is 0.419. The van der Waals surface area contributed by atoms with Gasteiger partial charge < -0.3 is 9.64 Å². The number of anilines is 1. The van der Waals surface area contributed by atoms with Crippen LogP contribution in [-0.4, -0.2) is 59.1 Å². The van der Waals surface area contributed by atoms with Crippen LogP contribution in [0.5, 0.6) is 5.75 Å². The fourth-order valence-electron chi connectivity index (χ4n) is 4.29. The maximum absolute atomic E-state index is 5.46. The van der Waals surface area contributed by atoms with Crippen LogP contribution in [0.15, 0.2) is 36.8 Å². The van der Waals surface area contributed by atoms with Gasteiger partial charge in [-0.2, -0.15) is 0 Å². The second kappa shape index (κ2) is 9.61. The van der Waals surface area contributed by atoms with E-state index in [-0.39, 0.29) is 0 Å². The van der Waals surface area contributed by atoms with Gasteiger partial charge in [0.2, 0.25) is 0 Å². The average Bonchev–Trinajstić information content (AvgIpc) is 2.82. The molecule has 0 N–H and O–H groups in total. The first kappa shape index (κ1) is 22.1. The highest BCUT2D eigenvalue weighted by Crippen LogP contribution is 2.31. The number of aryl methyl sites for hydroxylation is 2. The number of benzene rings is 1. The summed E-state index contributed by atoms with van der Waals surface area (Å²) in [4.78, 5) is 22.7. The number of piperidine rings is 1. The molecule has 7 nitrogen and oxygen atoms in total. The van der Waals surface area contributed by atoms with Gasteiger partial charge in [-0.3, -0.25) is 9.88 Å². The normalized spacial score (nSPS) is 15.0. The van der Waals surface area contributed by atoms with Gasteiger partial charge in [0, 0.05) is 50.7 Å². The van der Waals surface area contributed by atoms with Crippen LogP contribution >= 0.6 is 0 Å². The molecular weight excluding hydrogens is 400 g/mol. The first-order valence-electron chi connectivity index (χ1n) is 11.1. The highest BCUT2D eigenvalue weighted by atomic mass is 16.5. The molecule has 0 aliphatic carbocycles. The summed E-state index contributed by atoms with van der Waals surface area (Å²) in [7, 11) is 5.75. The lowest BCUT2D eigenvalue weighted by atomic mass is 9.92. The fourth-order valence-corrected chi connectivity index (χ4v) is 4.29. The van der Waals surface area contributed by atoms with Crippen molar-refractivity contribution in [2.24, 2.45) is 0 Å². The van der Waals surface area contributed by atoms with Crippen LogP contribution < -0.4 is 9.64 Å². The van der Waals surface area contributed by atoms with E-state index in [9.17, 15) is 0 Å². The van der Waals surface area contributed by atoms with Crippen LogP contribution in [0, 0.1) is 13.8 Å². The number of likely N-dealkylation sites (tertiary alicyclic amines) is 1. The molecule has 0 radical (unpaired) electrons. The van der Waals surface area contributed by atoms with Crippen LogP contribution in [-0.2, 0) is 6.54 Å². The number of hydrogen-bond donors (Lipinski definition) is 0. The summed E-state index contributed by atoms with van der Waals surface area (Å²) in [6, 6.07) is 6.54. The molecule has 0 atom stereocenters. The summed E-state index contributed by atoms with van der Waals surface area (Å²) >= 11 is 0. The van der Waals surface area contributed by atoms with Crippen LogP contribution in [0.4, 0.5) is 5.82 Å². The molecule has 0 amide bonds. The van der Waals surface area contributed by atoms with Gasteiger partial charge in [-0.1, -0.05) is 6.07 Å². The van der Waals surface area contributed by atoms with Crippen molar-refractivity contribution < 1.29 is 4.74 Å². The maximum atomic E-state index is 5.46. The Kier molecular flexibility index (Phi) is 6.65. The molecular formula is C25H32N6O. The lowest BCUT2D eigenvalue weighted by Crippen LogP contribution is -2.33. The Bertz CT molecular complexity index is 1060. The first-order valence-corrected chi connectivity index (χ1v) is 11.1. The van der Waals surface area contributed by atoms with Crippen molar-refractivity contribution in [3.63, 3.8) is 0 Å². The molecule has 2 aromatic heterocycles. The van der Waals surface area contributed by atoms with Gasteiger partial charge in [-0.15, -0.1) is 0 Å². The molecule has 168 valence electrons. The molecule has 1 fully saturated rings. The Morgan fingerprint density at radius 2 is 1.81 bits per heavy atom. The van der Waals surface area contributed by atoms with Gasteiger partial charge in [-0.05, 0) is 62.5 Å². The van der Waals surface area contributed by atoms with Crippen LogP contribution in [0.3, 0.4) is 0 Å². The van der Waals surface area contributed by atoms with Gasteiger partial charge in [-0.25, -0.2) is 15.0 Å². The molecule has 7 heteroatoms. The lowest BCUT2D eigenvalue weighted by Gasteiger charge is -2.32. The smallest absolute Gasteiger partial charge is 0.182 e. The molecule has 1 saturated heterocycles. The largest absolute Gasteiger partial charge is 0.496 e. The molecule has 1 aromatic carbocycles. The molecule has 3 aromatic rings. The number of aromatic nitrogens is 4. The number of ether oxygens (including phenoxy) is 1. The molecule has 0 spiro atoms. The van der Waals surface area contributed by atoms with Gasteiger partial charge in [0.1, 0.15) is 17.3 Å². The predicted octanol–water partition coefficient (Wildman–Crippen LogP) is 4.00. The third-order valence-corrected chi connectivity index (χ3v) is 6.24. The summed E-state index contributed by atoms with van der Waals surface area (Å²) in [6.45, 7) is 7.36. The molecule has 0 unspecified atom stereocenters. The minimum absolute atomic E-state index is 0.419. The Balaban J connectivity index is 1.48. The standard InChI is InChI=1S/C25H32N6O/c1-17-13-23(32-5)18(2)12-20(17)16-31-10-6-19(7-11-31)21-14-24(30(3)4)29-25(28-21)22-15-26-8-9-27-22/h8-9,12-15,19H,6-7,10-11,16H2,1-5H3. The highest BCUT2D eigenvalue weighted by Gasteiger charge is 2.24. The van der Waals surface area contributed by atoms with E-state index in [0.29, 0.717) is 17.4 Å². The molecule has 1 aliphatic heterocycles. The molecule has 3 heterocycles. The fraction of sp³-hybridized carbons (Fsp3) is 0.440. The molecule has 1 aliphatic rings. The summed E-state index contributed by atoms with van der Waals surface area (Å²) < 4.78 is 5.46.